The van der Waals surface area contributed by atoms with E-state index in [2.05, 4.69) is 10.3 Å². The van der Waals surface area contributed by atoms with E-state index in [1.54, 1.807) is 13.8 Å². The van der Waals surface area contributed by atoms with Gasteiger partial charge in [0.2, 0.25) is 0 Å². The molecule has 2 atom stereocenters. The number of fused-ring (bicyclic) bond motifs is 1. The van der Waals surface area contributed by atoms with Crippen molar-refractivity contribution in [1.29, 1.82) is 0 Å². The van der Waals surface area contributed by atoms with Crippen LogP contribution in [0.5, 0.6) is 0 Å². The maximum absolute atomic E-state index is 13.5. The van der Waals surface area contributed by atoms with Crippen molar-refractivity contribution in [3.8, 4) is 11.4 Å². The highest BCUT2D eigenvalue weighted by Crippen LogP contribution is 2.37. The number of aryl methyl sites for hydroxylation is 1. The number of nitrogens with one attached hydrogen (secondary N) is 1. The summed E-state index contributed by atoms with van der Waals surface area (Å²) in [7, 11) is 0. The van der Waals surface area contributed by atoms with Gasteiger partial charge in [-0.2, -0.15) is 13.2 Å². The molecule has 0 amide bonds. The number of benzene rings is 2. The zero-order valence-electron chi connectivity index (χ0n) is 19.0. The molecule has 2 unspecified atom stereocenters. The van der Waals surface area contributed by atoms with Crippen LogP contribution in [0.25, 0.3) is 11.4 Å². The molecule has 1 aliphatic carbocycles. The summed E-state index contributed by atoms with van der Waals surface area (Å²) in [6.07, 6.45) is -3.92. The van der Waals surface area contributed by atoms with E-state index in [1.807, 2.05) is 31.2 Å². The number of anilines is 1. The molecule has 0 saturated carbocycles. The van der Waals surface area contributed by atoms with E-state index in [4.69, 9.17) is 16.3 Å². The van der Waals surface area contributed by atoms with Gasteiger partial charge in [-0.15, -0.1) is 0 Å². The van der Waals surface area contributed by atoms with Crippen molar-refractivity contribution in [2.24, 2.45) is 0 Å². The SMILES string of the molecule is CCOC1Cc2ccccc2C1Nc1c(C)nc(-c2ccc(C(F)(F)F)cc2Cl)n(CC)c1=O. The quantitative estimate of drug-likeness (QED) is 0.457. The van der Waals surface area contributed by atoms with Crippen LogP contribution >= 0.6 is 11.6 Å². The Hall–Kier alpha value is -2.84. The number of ether oxygens (including phenoxy) is 1. The van der Waals surface area contributed by atoms with E-state index in [0.717, 1.165) is 29.7 Å². The fraction of sp³-hybridized carbons (Fsp3) is 0.360. The molecule has 0 spiro atoms. The fourth-order valence-electron chi connectivity index (χ4n) is 4.45. The Morgan fingerprint density at radius 2 is 1.94 bits per heavy atom. The zero-order valence-corrected chi connectivity index (χ0v) is 19.8. The minimum absolute atomic E-state index is 0.120. The first kappa shape index (κ1) is 24.3. The third-order valence-corrected chi connectivity index (χ3v) is 6.38. The van der Waals surface area contributed by atoms with Crippen LogP contribution in [0.3, 0.4) is 0 Å². The number of nitrogens with zero attached hydrogens (tertiary/aromatic N) is 2. The Bertz CT molecular complexity index is 1270. The van der Waals surface area contributed by atoms with Gasteiger partial charge in [0.1, 0.15) is 11.5 Å². The van der Waals surface area contributed by atoms with Gasteiger partial charge in [-0.05, 0) is 50.1 Å². The first-order chi connectivity index (χ1) is 16.2. The van der Waals surface area contributed by atoms with Crippen LogP contribution in [-0.4, -0.2) is 22.3 Å². The summed E-state index contributed by atoms with van der Waals surface area (Å²) in [5, 5.41) is 3.24. The summed E-state index contributed by atoms with van der Waals surface area (Å²) < 4.78 is 46.6. The first-order valence-corrected chi connectivity index (χ1v) is 11.5. The van der Waals surface area contributed by atoms with Crippen LogP contribution in [0.4, 0.5) is 18.9 Å². The van der Waals surface area contributed by atoms with E-state index in [1.165, 1.54) is 10.6 Å². The minimum Gasteiger partial charge on any atom is -0.376 e. The molecule has 0 fully saturated rings. The molecule has 0 bridgehead atoms. The molecule has 0 aliphatic heterocycles. The average Bonchev–Trinajstić information content (AvgIpc) is 3.13. The second-order valence-corrected chi connectivity index (χ2v) is 8.56. The molecule has 9 heteroatoms. The Morgan fingerprint density at radius 3 is 2.59 bits per heavy atom. The summed E-state index contributed by atoms with van der Waals surface area (Å²) in [6.45, 7) is 6.21. The highest BCUT2D eigenvalue weighted by atomic mass is 35.5. The molecule has 1 N–H and O–H groups in total. The lowest BCUT2D eigenvalue weighted by atomic mass is 10.1. The van der Waals surface area contributed by atoms with Crippen molar-refractivity contribution >= 4 is 17.3 Å². The standard InChI is InChI=1S/C25H25ClF3N3O2/c1-4-32-23(18-11-10-16(13-19(18)26)25(27,28)29)30-14(3)21(24(32)33)31-22-17-9-7-6-8-15(17)12-20(22)34-5-2/h6-11,13,20,22,31H,4-5,12H2,1-3H3. The molecule has 34 heavy (non-hydrogen) atoms. The topological polar surface area (TPSA) is 56.1 Å². The minimum atomic E-state index is -4.52. The molecule has 5 nitrogen and oxygen atoms in total. The monoisotopic (exact) mass is 491 g/mol. The van der Waals surface area contributed by atoms with Gasteiger partial charge in [0, 0.05) is 25.1 Å². The molecule has 0 saturated heterocycles. The van der Waals surface area contributed by atoms with Crippen molar-refractivity contribution < 1.29 is 17.9 Å². The third kappa shape index (κ3) is 4.44. The van der Waals surface area contributed by atoms with Crippen LogP contribution in [0.2, 0.25) is 5.02 Å². The van der Waals surface area contributed by atoms with Crippen molar-refractivity contribution in [3.63, 3.8) is 0 Å². The Morgan fingerprint density at radius 1 is 1.21 bits per heavy atom. The van der Waals surface area contributed by atoms with Gasteiger partial charge in [0.05, 0.1) is 28.4 Å². The summed E-state index contributed by atoms with van der Waals surface area (Å²) >= 11 is 6.20. The average molecular weight is 492 g/mol. The molecular weight excluding hydrogens is 467 g/mol. The maximum Gasteiger partial charge on any atom is 0.416 e. The highest BCUT2D eigenvalue weighted by molar-refractivity contribution is 6.33. The lowest BCUT2D eigenvalue weighted by Crippen LogP contribution is -2.32. The summed E-state index contributed by atoms with van der Waals surface area (Å²) in [5.74, 6) is 0.224. The van der Waals surface area contributed by atoms with Gasteiger partial charge in [-0.25, -0.2) is 4.98 Å². The van der Waals surface area contributed by atoms with E-state index >= 15 is 0 Å². The number of hydrogen-bond acceptors (Lipinski definition) is 4. The Balaban J connectivity index is 1.77. The summed E-state index contributed by atoms with van der Waals surface area (Å²) in [5.41, 5.74) is 2.08. The smallest absolute Gasteiger partial charge is 0.376 e. The van der Waals surface area contributed by atoms with E-state index in [-0.39, 0.29) is 40.7 Å². The largest absolute Gasteiger partial charge is 0.416 e. The third-order valence-electron chi connectivity index (χ3n) is 6.07. The molecule has 180 valence electrons. The number of hydrogen-bond donors (Lipinski definition) is 1. The fourth-order valence-corrected chi connectivity index (χ4v) is 4.72. The second kappa shape index (κ2) is 9.43. The van der Waals surface area contributed by atoms with Crippen LogP contribution in [-0.2, 0) is 23.9 Å². The van der Waals surface area contributed by atoms with E-state index in [0.29, 0.717) is 18.0 Å². The van der Waals surface area contributed by atoms with Gasteiger partial charge < -0.3 is 10.1 Å². The van der Waals surface area contributed by atoms with E-state index < -0.39 is 11.7 Å². The molecule has 3 aromatic rings. The van der Waals surface area contributed by atoms with Crippen LogP contribution in [0.1, 0.15) is 42.3 Å². The van der Waals surface area contributed by atoms with Crippen LogP contribution in [0, 0.1) is 6.92 Å². The first-order valence-electron chi connectivity index (χ1n) is 11.1. The predicted octanol–water partition coefficient (Wildman–Crippen LogP) is 6.03. The van der Waals surface area contributed by atoms with Gasteiger partial charge >= 0.3 is 6.18 Å². The Labute approximate surface area is 200 Å². The van der Waals surface area contributed by atoms with Gasteiger partial charge in [-0.1, -0.05) is 35.9 Å². The molecule has 0 radical (unpaired) electrons. The van der Waals surface area contributed by atoms with Crippen molar-refractivity contribution in [3.05, 3.63) is 80.2 Å². The summed E-state index contributed by atoms with van der Waals surface area (Å²) in [6, 6.07) is 10.8. The molecule has 1 heterocycles. The normalized spacial score (nSPS) is 17.6. The lowest BCUT2D eigenvalue weighted by Gasteiger charge is -2.24. The van der Waals surface area contributed by atoms with Gasteiger partial charge in [0.25, 0.3) is 5.56 Å². The molecule has 2 aromatic carbocycles. The maximum atomic E-state index is 13.5. The van der Waals surface area contributed by atoms with Crippen molar-refractivity contribution in [2.75, 3.05) is 11.9 Å². The van der Waals surface area contributed by atoms with Crippen molar-refractivity contribution in [2.45, 2.75) is 52.1 Å². The van der Waals surface area contributed by atoms with Crippen LogP contribution in [0.15, 0.2) is 47.3 Å². The number of alkyl halides is 3. The predicted molar refractivity (Wildman–Crippen MR) is 126 cm³/mol. The number of rotatable bonds is 6. The molecule has 1 aromatic heterocycles. The highest BCUT2D eigenvalue weighted by Gasteiger charge is 2.34. The van der Waals surface area contributed by atoms with Crippen molar-refractivity contribution in [1.82, 2.24) is 9.55 Å². The molecular formula is C25H25ClF3N3O2. The summed E-state index contributed by atoms with van der Waals surface area (Å²) in [4.78, 5) is 18.1. The zero-order chi connectivity index (χ0) is 24.6. The molecule has 1 aliphatic rings. The van der Waals surface area contributed by atoms with Crippen LogP contribution < -0.4 is 10.9 Å². The Kier molecular flexibility index (Phi) is 6.73. The number of halogens is 4. The van der Waals surface area contributed by atoms with Gasteiger partial charge in [0.15, 0.2) is 0 Å². The molecule has 4 rings (SSSR count). The lowest BCUT2D eigenvalue weighted by molar-refractivity contribution is -0.137. The van der Waals surface area contributed by atoms with E-state index in [9.17, 15) is 18.0 Å². The number of aromatic nitrogens is 2. The second-order valence-electron chi connectivity index (χ2n) is 8.16. The van der Waals surface area contributed by atoms with Gasteiger partial charge in [-0.3, -0.25) is 9.36 Å².